The van der Waals surface area contributed by atoms with Crippen molar-refractivity contribution in [2.75, 3.05) is 18.5 Å². The summed E-state index contributed by atoms with van der Waals surface area (Å²) in [6.07, 6.45) is -0.680. The van der Waals surface area contributed by atoms with E-state index in [4.69, 9.17) is 9.84 Å². The summed E-state index contributed by atoms with van der Waals surface area (Å²) in [5.74, 6) is -7.35. The smallest absolute Gasteiger partial charge is 0.411 e. The first-order valence-electron chi connectivity index (χ1n) is 10.4. The molecule has 34 heavy (non-hydrogen) atoms. The highest BCUT2D eigenvalue weighted by atomic mass is 19.3. The van der Waals surface area contributed by atoms with Crippen LogP contribution < -0.4 is 10.6 Å². The molecule has 3 aromatic carbocycles. The maximum atomic E-state index is 13.1. The van der Waals surface area contributed by atoms with Crippen molar-refractivity contribution in [1.29, 1.82) is 0 Å². The van der Waals surface area contributed by atoms with Crippen LogP contribution in [-0.2, 0) is 9.53 Å². The molecule has 0 fully saturated rings. The number of rotatable bonds is 7. The SMILES string of the molecule is O=C(Nc1ccc(C(=O)NCC(F)(F)C(=O)O)cc1)OCC1c2ccccc2-c2ccccc21. The third kappa shape index (κ3) is 4.73. The number of carbonyl (C=O) groups is 3. The predicted octanol–water partition coefficient (Wildman–Crippen LogP) is 4.50. The van der Waals surface area contributed by atoms with Crippen molar-refractivity contribution in [3.05, 3.63) is 89.5 Å². The number of aliphatic carboxylic acids is 1. The van der Waals surface area contributed by atoms with Crippen LogP contribution in [0.3, 0.4) is 0 Å². The van der Waals surface area contributed by atoms with Gasteiger partial charge in [0.1, 0.15) is 6.61 Å². The van der Waals surface area contributed by atoms with Crippen LogP contribution in [0.25, 0.3) is 11.1 Å². The number of alkyl halides is 2. The second-order valence-electron chi connectivity index (χ2n) is 7.72. The Labute approximate surface area is 193 Å². The molecular weight excluding hydrogens is 446 g/mol. The van der Waals surface area contributed by atoms with Crippen LogP contribution in [-0.4, -0.2) is 42.2 Å². The summed E-state index contributed by atoms with van der Waals surface area (Å²) in [6.45, 7) is -1.20. The van der Waals surface area contributed by atoms with Gasteiger partial charge in [0.25, 0.3) is 5.91 Å². The molecule has 0 atom stereocenters. The molecule has 0 bridgehead atoms. The van der Waals surface area contributed by atoms with Gasteiger partial charge >= 0.3 is 18.0 Å². The second-order valence-corrected chi connectivity index (χ2v) is 7.72. The minimum absolute atomic E-state index is 0.0271. The average molecular weight is 466 g/mol. The second kappa shape index (κ2) is 9.30. The summed E-state index contributed by atoms with van der Waals surface area (Å²) in [5.41, 5.74) is 4.76. The molecule has 0 aromatic heterocycles. The number of ether oxygens (including phenoxy) is 1. The number of fused-ring (bicyclic) bond motifs is 3. The normalized spacial score (nSPS) is 12.4. The lowest BCUT2D eigenvalue weighted by Crippen LogP contribution is -2.42. The Morgan fingerprint density at radius 3 is 2.00 bits per heavy atom. The molecule has 0 saturated heterocycles. The lowest BCUT2D eigenvalue weighted by molar-refractivity contribution is -0.163. The largest absolute Gasteiger partial charge is 0.477 e. The van der Waals surface area contributed by atoms with Crippen LogP contribution in [0.4, 0.5) is 19.3 Å². The van der Waals surface area contributed by atoms with Gasteiger partial charge in [0.05, 0.1) is 6.54 Å². The van der Waals surface area contributed by atoms with Crippen molar-refractivity contribution in [2.24, 2.45) is 0 Å². The molecule has 1 aliphatic carbocycles. The maximum Gasteiger partial charge on any atom is 0.411 e. The van der Waals surface area contributed by atoms with Gasteiger partial charge in [0.2, 0.25) is 0 Å². The highest BCUT2D eigenvalue weighted by Gasteiger charge is 2.39. The molecular formula is C25H20F2N2O5. The van der Waals surface area contributed by atoms with Crippen LogP contribution in [0.5, 0.6) is 0 Å². The summed E-state index contributed by atoms with van der Waals surface area (Å²) in [6, 6.07) is 21.4. The molecule has 0 saturated carbocycles. The van der Waals surface area contributed by atoms with E-state index in [-0.39, 0.29) is 18.1 Å². The molecule has 0 heterocycles. The van der Waals surface area contributed by atoms with Crippen LogP contribution in [0.1, 0.15) is 27.4 Å². The van der Waals surface area contributed by atoms with E-state index in [1.807, 2.05) is 53.8 Å². The number of amides is 2. The molecule has 9 heteroatoms. The van der Waals surface area contributed by atoms with Gasteiger partial charge < -0.3 is 15.2 Å². The van der Waals surface area contributed by atoms with Gasteiger partial charge in [-0.1, -0.05) is 48.5 Å². The van der Waals surface area contributed by atoms with Crippen LogP contribution in [0.2, 0.25) is 0 Å². The quantitative estimate of drug-likeness (QED) is 0.476. The number of hydrogen-bond donors (Lipinski definition) is 3. The number of nitrogens with one attached hydrogen (secondary N) is 2. The van der Waals surface area contributed by atoms with Crippen molar-refractivity contribution in [3.63, 3.8) is 0 Å². The highest BCUT2D eigenvalue weighted by molar-refractivity contribution is 5.95. The Hall–Kier alpha value is -4.27. The number of carboxylic acids is 1. The van der Waals surface area contributed by atoms with Crippen molar-refractivity contribution in [2.45, 2.75) is 11.8 Å². The number of carboxylic acid groups (broad SMARTS) is 1. The molecule has 0 unspecified atom stereocenters. The molecule has 3 aromatic rings. The summed E-state index contributed by atoms with van der Waals surface area (Å²) in [7, 11) is 0. The van der Waals surface area contributed by atoms with E-state index in [1.54, 1.807) is 0 Å². The number of benzene rings is 3. The van der Waals surface area contributed by atoms with E-state index in [2.05, 4.69) is 5.32 Å². The molecule has 0 aliphatic heterocycles. The van der Waals surface area contributed by atoms with Gasteiger partial charge in [-0.2, -0.15) is 8.78 Å². The number of halogens is 2. The van der Waals surface area contributed by atoms with Crippen LogP contribution in [0.15, 0.2) is 72.8 Å². The Bertz CT molecular complexity index is 1200. The van der Waals surface area contributed by atoms with Crippen LogP contribution in [0, 0.1) is 0 Å². The third-order valence-electron chi connectivity index (χ3n) is 5.52. The summed E-state index contributed by atoms with van der Waals surface area (Å²) in [4.78, 5) is 34.7. The van der Waals surface area contributed by atoms with Gasteiger partial charge in [-0.05, 0) is 46.5 Å². The first kappa shape index (κ1) is 22.9. The zero-order valence-electron chi connectivity index (χ0n) is 17.8. The first-order valence-corrected chi connectivity index (χ1v) is 10.4. The van der Waals surface area contributed by atoms with Gasteiger partial charge in [-0.15, -0.1) is 0 Å². The minimum atomic E-state index is -4.07. The van der Waals surface area contributed by atoms with Crippen molar-refractivity contribution in [1.82, 2.24) is 5.32 Å². The van der Waals surface area contributed by atoms with Gasteiger partial charge in [-0.3, -0.25) is 10.1 Å². The maximum absolute atomic E-state index is 13.1. The van der Waals surface area contributed by atoms with Crippen molar-refractivity contribution < 1.29 is 33.0 Å². The summed E-state index contributed by atoms with van der Waals surface area (Å²) < 4.78 is 31.7. The standard InChI is InChI=1S/C25H20F2N2O5/c26-25(27,23(31)32)14-28-22(30)15-9-11-16(12-10-15)29-24(33)34-13-21-19-7-3-1-5-17(19)18-6-2-4-8-20(18)21/h1-12,21H,13-14H2,(H,28,30)(H,29,33)(H,31,32). The van der Waals surface area contributed by atoms with E-state index in [0.29, 0.717) is 5.69 Å². The van der Waals surface area contributed by atoms with Crippen molar-refractivity contribution in [3.8, 4) is 11.1 Å². The zero-order chi connectivity index (χ0) is 24.3. The van der Waals surface area contributed by atoms with Gasteiger partial charge in [-0.25, -0.2) is 9.59 Å². The number of carbonyl (C=O) groups excluding carboxylic acids is 2. The first-order chi connectivity index (χ1) is 16.3. The Kier molecular flexibility index (Phi) is 6.27. The van der Waals surface area contributed by atoms with E-state index in [0.717, 1.165) is 22.3 Å². The lowest BCUT2D eigenvalue weighted by atomic mass is 9.98. The van der Waals surface area contributed by atoms with E-state index < -0.39 is 30.4 Å². The third-order valence-corrected chi connectivity index (χ3v) is 5.52. The van der Waals surface area contributed by atoms with Crippen molar-refractivity contribution >= 4 is 23.7 Å². The molecule has 1 aliphatic rings. The molecule has 4 rings (SSSR count). The topological polar surface area (TPSA) is 105 Å². The summed E-state index contributed by atoms with van der Waals surface area (Å²) in [5, 5.41) is 12.8. The monoisotopic (exact) mass is 466 g/mol. The fraction of sp³-hybridized carbons (Fsp3) is 0.160. The zero-order valence-corrected chi connectivity index (χ0v) is 17.8. The van der Waals surface area contributed by atoms with E-state index in [1.165, 1.54) is 24.3 Å². The van der Waals surface area contributed by atoms with E-state index in [9.17, 15) is 23.2 Å². The predicted molar refractivity (Wildman–Crippen MR) is 120 cm³/mol. The molecule has 0 radical (unpaired) electrons. The minimum Gasteiger partial charge on any atom is -0.477 e. The summed E-state index contributed by atoms with van der Waals surface area (Å²) >= 11 is 0. The van der Waals surface area contributed by atoms with Gasteiger partial charge in [0, 0.05) is 17.2 Å². The van der Waals surface area contributed by atoms with E-state index >= 15 is 0 Å². The number of hydrogen-bond acceptors (Lipinski definition) is 4. The Balaban J connectivity index is 1.34. The fourth-order valence-corrected chi connectivity index (χ4v) is 3.83. The molecule has 7 nitrogen and oxygen atoms in total. The molecule has 2 amide bonds. The van der Waals surface area contributed by atoms with Crippen LogP contribution >= 0.6 is 0 Å². The Morgan fingerprint density at radius 1 is 0.882 bits per heavy atom. The average Bonchev–Trinajstić information content (AvgIpc) is 3.15. The number of anilines is 1. The fourth-order valence-electron chi connectivity index (χ4n) is 3.83. The lowest BCUT2D eigenvalue weighted by Gasteiger charge is -2.15. The van der Waals surface area contributed by atoms with Gasteiger partial charge in [0.15, 0.2) is 0 Å². The highest BCUT2D eigenvalue weighted by Crippen LogP contribution is 2.44. The molecule has 3 N–H and O–H groups in total. The molecule has 0 spiro atoms. The molecule has 174 valence electrons. The Morgan fingerprint density at radius 2 is 1.44 bits per heavy atom.